The summed E-state index contributed by atoms with van der Waals surface area (Å²) >= 11 is 5.02. The summed E-state index contributed by atoms with van der Waals surface area (Å²) in [7, 11) is 0. The van der Waals surface area contributed by atoms with Crippen LogP contribution >= 0.6 is 6.72 Å². The maximum absolute atomic E-state index is 11.9. The van der Waals surface area contributed by atoms with Crippen LogP contribution in [0.1, 0.15) is 68.1 Å². The molecule has 0 bridgehead atoms. The summed E-state index contributed by atoms with van der Waals surface area (Å²) in [6.45, 7) is -1.16. The van der Waals surface area contributed by atoms with E-state index < -0.39 is 6.72 Å². The SMILES string of the molecule is Nc1cc(OCCCC(=O)NCCCCCCOP(O)(=S)OCC2CCC2)ccc1C=O. The Hall–Kier alpha value is -1.51. The smallest absolute Gasteiger partial charge is 0.324 e. The molecule has 0 aromatic heterocycles. The summed E-state index contributed by atoms with van der Waals surface area (Å²) < 4.78 is 16.3. The second-order valence-electron chi connectivity index (χ2n) is 8.02. The van der Waals surface area contributed by atoms with Crippen molar-refractivity contribution in [3.63, 3.8) is 0 Å². The van der Waals surface area contributed by atoms with Crippen LogP contribution < -0.4 is 15.8 Å². The van der Waals surface area contributed by atoms with Crippen LogP contribution in [0.4, 0.5) is 5.69 Å². The van der Waals surface area contributed by atoms with Gasteiger partial charge in [0.25, 0.3) is 0 Å². The number of benzene rings is 1. The molecular formula is C22H35N2O6PS. The minimum atomic E-state index is -3.09. The fourth-order valence-corrected chi connectivity index (χ4v) is 4.39. The largest absolute Gasteiger partial charge is 0.494 e. The first-order valence-electron chi connectivity index (χ1n) is 11.3. The Labute approximate surface area is 195 Å². The second-order valence-corrected chi connectivity index (χ2v) is 10.9. The van der Waals surface area contributed by atoms with E-state index in [9.17, 15) is 14.5 Å². The molecule has 180 valence electrons. The zero-order valence-electron chi connectivity index (χ0n) is 18.5. The van der Waals surface area contributed by atoms with Crippen LogP contribution in [0.5, 0.6) is 5.75 Å². The van der Waals surface area contributed by atoms with E-state index in [1.54, 1.807) is 18.2 Å². The summed E-state index contributed by atoms with van der Waals surface area (Å²) in [4.78, 5) is 32.6. The van der Waals surface area contributed by atoms with Crippen LogP contribution in [0.3, 0.4) is 0 Å². The number of nitrogens with one attached hydrogen (secondary N) is 1. The van der Waals surface area contributed by atoms with Crippen molar-refractivity contribution < 1.29 is 28.3 Å². The molecule has 2 rings (SSSR count). The topological polar surface area (TPSA) is 120 Å². The first-order chi connectivity index (χ1) is 15.4. The summed E-state index contributed by atoms with van der Waals surface area (Å²) in [5.74, 6) is 1.10. The number of rotatable bonds is 17. The molecule has 0 spiro atoms. The Kier molecular flexibility index (Phi) is 12.2. The Morgan fingerprint density at radius 1 is 1.19 bits per heavy atom. The van der Waals surface area contributed by atoms with E-state index in [1.807, 2.05) is 0 Å². The fraction of sp³-hybridized carbons (Fsp3) is 0.636. The first kappa shape index (κ1) is 26.7. The average molecular weight is 487 g/mol. The standard InChI is InChI=1S/C22H35N2O6PS/c23-21-15-20(11-10-19(21)16-25)28-13-6-9-22(26)24-12-3-1-2-4-14-29-31(27,32)30-17-18-7-5-8-18/h10-11,15-16,18H,1-9,12-14,17,23H2,(H,24,26)(H,27,32). The Balaban J connectivity index is 1.40. The van der Waals surface area contributed by atoms with Gasteiger partial charge in [0.2, 0.25) is 5.91 Å². The van der Waals surface area contributed by atoms with Crippen LogP contribution in [0.2, 0.25) is 0 Å². The van der Waals surface area contributed by atoms with Crippen molar-refractivity contribution in [2.24, 2.45) is 5.92 Å². The van der Waals surface area contributed by atoms with Gasteiger partial charge in [-0.15, -0.1) is 0 Å². The third-order valence-electron chi connectivity index (χ3n) is 5.35. The van der Waals surface area contributed by atoms with Crippen LogP contribution in [-0.2, 0) is 25.6 Å². The van der Waals surface area contributed by atoms with Gasteiger partial charge in [-0.2, -0.15) is 0 Å². The Bertz CT molecular complexity index is 775. The molecule has 1 atom stereocenters. The number of hydrogen-bond donors (Lipinski definition) is 3. The molecule has 1 aromatic carbocycles. The van der Waals surface area contributed by atoms with E-state index in [2.05, 4.69) is 5.32 Å². The van der Waals surface area contributed by atoms with Gasteiger partial charge in [0.1, 0.15) is 5.75 Å². The van der Waals surface area contributed by atoms with E-state index in [1.165, 1.54) is 6.42 Å². The van der Waals surface area contributed by atoms with E-state index in [0.29, 0.717) is 68.4 Å². The molecule has 4 N–H and O–H groups in total. The van der Waals surface area contributed by atoms with Crippen LogP contribution in [0, 0.1) is 5.92 Å². The number of unbranched alkanes of at least 4 members (excludes halogenated alkanes) is 3. The number of nitrogens with two attached hydrogens (primary N) is 1. The zero-order valence-corrected chi connectivity index (χ0v) is 20.2. The van der Waals surface area contributed by atoms with Crippen LogP contribution in [0.15, 0.2) is 18.2 Å². The molecule has 10 heteroatoms. The molecule has 1 amide bonds. The molecule has 0 aliphatic heterocycles. The zero-order chi connectivity index (χ0) is 23.2. The normalized spacial score (nSPS) is 15.5. The van der Waals surface area contributed by atoms with Gasteiger partial charge in [-0.3, -0.25) is 9.59 Å². The van der Waals surface area contributed by atoms with Gasteiger partial charge in [0.15, 0.2) is 6.29 Å². The molecule has 0 radical (unpaired) electrons. The number of ether oxygens (including phenoxy) is 1. The van der Waals surface area contributed by atoms with Crippen molar-refractivity contribution >= 4 is 36.4 Å². The quantitative estimate of drug-likeness (QED) is 0.131. The monoisotopic (exact) mass is 486 g/mol. The lowest BCUT2D eigenvalue weighted by molar-refractivity contribution is -0.121. The molecule has 1 aliphatic rings. The molecule has 0 saturated heterocycles. The van der Waals surface area contributed by atoms with Crippen molar-refractivity contribution in [2.75, 3.05) is 32.1 Å². The van der Waals surface area contributed by atoms with Crippen molar-refractivity contribution in [1.29, 1.82) is 0 Å². The lowest BCUT2D eigenvalue weighted by Crippen LogP contribution is -2.24. The number of amides is 1. The van der Waals surface area contributed by atoms with Crippen LogP contribution in [-0.4, -0.2) is 43.5 Å². The number of carbonyl (C=O) groups excluding carboxylic acids is 2. The molecular weight excluding hydrogens is 451 g/mol. The molecule has 1 saturated carbocycles. The third kappa shape index (κ3) is 10.9. The van der Waals surface area contributed by atoms with Gasteiger partial charge < -0.3 is 29.7 Å². The lowest BCUT2D eigenvalue weighted by Gasteiger charge is -2.26. The van der Waals surface area contributed by atoms with Crippen molar-refractivity contribution in [3.8, 4) is 5.75 Å². The Morgan fingerprint density at radius 2 is 1.97 bits per heavy atom. The van der Waals surface area contributed by atoms with Crippen molar-refractivity contribution in [1.82, 2.24) is 5.32 Å². The van der Waals surface area contributed by atoms with Crippen LogP contribution in [0.25, 0.3) is 0 Å². The number of aldehydes is 1. The molecule has 8 nitrogen and oxygen atoms in total. The maximum atomic E-state index is 11.9. The van der Waals surface area contributed by atoms with E-state index >= 15 is 0 Å². The fourth-order valence-electron chi connectivity index (χ4n) is 3.15. The third-order valence-corrected chi connectivity index (χ3v) is 6.96. The molecule has 1 aromatic rings. The highest BCUT2D eigenvalue weighted by molar-refractivity contribution is 8.07. The molecule has 32 heavy (non-hydrogen) atoms. The van der Waals surface area contributed by atoms with Crippen molar-refractivity contribution in [2.45, 2.75) is 57.8 Å². The minimum Gasteiger partial charge on any atom is -0.494 e. The van der Waals surface area contributed by atoms with E-state index in [4.69, 9.17) is 31.3 Å². The molecule has 0 heterocycles. The second kappa shape index (κ2) is 14.6. The minimum absolute atomic E-state index is 0.00247. The van der Waals surface area contributed by atoms with Gasteiger partial charge in [0, 0.05) is 30.3 Å². The summed E-state index contributed by atoms with van der Waals surface area (Å²) in [5.41, 5.74) is 6.54. The van der Waals surface area contributed by atoms with Gasteiger partial charge in [-0.25, -0.2) is 0 Å². The molecule has 1 fully saturated rings. The lowest BCUT2D eigenvalue weighted by atomic mass is 9.86. The summed E-state index contributed by atoms with van der Waals surface area (Å²) in [6.07, 6.45) is 8.78. The van der Waals surface area contributed by atoms with Gasteiger partial charge >= 0.3 is 6.72 Å². The predicted octanol–water partition coefficient (Wildman–Crippen LogP) is 3.97. The highest BCUT2D eigenvalue weighted by Crippen LogP contribution is 2.45. The summed E-state index contributed by atoms with van der Waals surface area (Å²) in [6, 6.07) is 4.90. The highest BCUT2D eigenvalue weighted by atomic mass is 32.5. The van der Waals surface area contributed by atoms with Gasteiger partial charge in [-0.05, 0) is 62.0 Å². The average Bonchev–Trinajstić information content (AvgIpc) is 2.72. The van der Waals surface area contributed by atoms with Crippen molar-refractivity contribution in [3.05, 3.63) is 23.8 Å². The first-order valence-corrected chi connectivity index (χ1v) is 13.8. The number of hydrogen-bond acceptors (Lipinski definition) is 7. The highest BCUT2D eigenvalue weighted by Gasteiger charge is 2.22. The molecule has 1 aliphatic carbocycles. The molecule has 1 unspecified atom stereocenters. The maximum Gasteiger partial charge on any atom is 0.324 e. The summed E-state index contributed by atoms with van der Waals surface area (Å²) in [5, 5.41) is 2.90. The van der Waals surface area contributed by atoms with Gasteiger partial charge in [0.05, 0.1) is 19.8 Å². The van der Waals surface area contributed by atoms with Gasteiger partial charge in [-0.1, -0.05) is 19.3 Å². The van der Waals surface area contributed by atoms with E-state index in [-0.39, 0.29) is 5.91 Å². The predicted molar refractivity (Wildman–Crippen MR) is 128 cm³/mol. The van der Waals surface area contributed by atoms with E-state index in [0.717, 1.165) is 38.5 Å². The number of nitrogen functional groups attached to an aromatic ring is 1. The Morgan fingerprint density at radius 3 is 2.66 bits per heavy atom. The number of carbonyl (C=O) groups is 2. The number of anilines is 1.